The summed E-state index contributed by atoms with van der Waals surface area (Å²) in [7, 11) is -3.43. The van der Waals surface area contributed by atoms with Crippen molar-refractivity contribution >= 4 is 27.5 Å². The topological polar surface area (TPSA) is 122 Å². The fourth-order valence-corrected chi connectivity index (χ4v) is 3.58. The molecule has 1 aromatic carbocycles. The van der Waals surface area contributed by atoms with Crippen LogP contribution in [0.3, 0.4) is 0 Å². The van der Waals surface area contributed by atoms with Gasteiger partial charge in [0.25, 0.3) is 5.91 Å². The first-order chi connectivity index (χ1) is 12.2. The van der Waals surface area contributed by atoms with E-state index in [1.807, 2.05) is 0 Å². The number of hydrogen-bond donors (Lipinski definition) is 3. The predicted molar refractivity (Wildman–Crippen MR) is 100 cm³/mol. The Balaban J connectivity index is 2.13. The van der Waals surface area contributed by atoms with Crippen molar-refractivity contribution < 1.29 is 18.0 Å². The summed E-state index contributed by atoms with van der Waals surface area (Å²) in [5.74, 6) is -0.549. The number of nitrogens with one attached hydrogen (secondary N) is 2. The average Bonchev–Trinajstić information content (AvgIpc) is 2.60. The first-order valence-corrected chi connectivity index (χ1v) is 10.5. The van der Waals surface area contributed by atoms with Crippen LogP contribution in [0, 0.1) is 12.8 Å². The maximum absolute atomic E-state index is 12.8. The van der Waals surface area contributed by atoms with Crippen LogP contribution in [-0.4, -0.2) is 57.6 Å². The van der Waals surface area contributed by atoms with E-state index in [9.17, 15) is 18.0 Å². The van der Waals surface area contributed by atoms with Crippen molar-refractivity contribution in [2.24, 2.45) is 11.7 Å². The Labute approximate surface area is 154 Å². The molecular weight excluding hydrogens is 356 g/mol. The SMILES string of the molecule is Cc1ccc(C(=O)N2CCCC(C(=O)NCCN)C2)cc1NS(C)(=O)=O. The van der Waals surface area contributed by atoms with E-state index in [2.05, 4.69) is 10.0 Å². The van der Waals surface area contributed by atoms with E-state index < -0.39 is 10.0 Å². The number of carbonyl (C=O) groups excluding carboxylic acids is 2. The lowest BCUT2D eigenvalue weighted by Crippen LogP contribution is -2.46. The highest BCUT2D eigenvalue weighted by molar-refractivity contribution is 7.92. The standard InChI is InChI=1S/C17H26N4O4S/c1-12-5-6-13(10-15(12)20-26(2,24)25)17(23)21-9-3-4-14(11-21)16(22)19-8-7-18/h5-6,10,14,20H,3-4,7-9,11,18H2,1-2H3,(H,19,22). The Kier molecular flexibility index (Phi) is 6.60. The molecule has 2 rings (SSSR count). The van der Waals surface area contributed by atoms with Gasteiger partial charge in [-0.2, -0.15) is 0 Å². The van der Waals surface area contributed by atoms with Gasteiger partial charge in [0, 0.05) is 31.7 Å². The van der Waals surface area contributed by atoms with Crippen molar-refractivity contribution in [3.8, 4) is 0 Å². The Morgan fingerprint density at radius 1 is 1.35 bits per heavy atom. The Morgan fingerprint density at radius 3 is 2.73 bits per heavy atom. The van der Waals surface area contributed by atoms with Crippen LogP contribution in [-0.2, 0) is 14.8 Å². The number of rotatable bonds is 6. The number of sulfonamides is 1. The minimum Gasteiger partial charge on any atom is -0.355 e. The summed E-state index contributed by atoms with van der Waals surface area (Å²) in [6.07, 6.45) is 2.54. The summed E-state index contributed by atoms with van der Waals surface area (Å²) >= 11 is 0. The highest BCUT2D eigenvalue weighted by Crippen LogP contribution is 2.22. The quantitative estimate of drug-likeness (QED) is 0.653. The molecule has 1 unspecified atom stereocenters. The molecule has 8 nitrogen and oxygen atoms in total. The summed E-state index contributed by atoms with van der Waals surface area (Å²) < 4.78 is 25.4. The van der Waals surface area contributed by atoms with Crippen LogP contribution in [0.15, 0.2) is 18.2 Å². The third-order valence-corrected chi connectivity index (χ3v) is 4.89. The molecule has 1 heterocycles. The monoisotopic (exact) mass is 382 g/mol. The lowest BCUT2D eigenvalue weighted by atomic mass is 9.96. The van der Waals surface area contributed by atoms with Gasteiger partial charge in [-0.3, -0.25) is 14.3 Å². The minimum absolute atomic E-state index is 0.0868. The number of amides is 2. The Morgan fingerprint density at radius 2 is 2.08 bits per heavy atom. The van der Waals surface area contributed by atoms with Gasteiger partial charge in [0.15, 0.2) is 0 Å². The van der Waals surface area contributed by atoms with Crippen LogP contribution in [0.1, 0.15) is 28.8 Å². The molecule has 0 bridgehead atoms. The highest BCUT2D eigenvalue weighted by Gasteiger charge is 2.29. The molecule has 1 aliphatic heterocycles. The molecule has 26 heavy (non-hydrogen) atoms. The van der Waals surface area contributed by atoms with Gasteiger partial charge >= 0.3 is 0 Å². The summed E-state index contributed by atoms with van der Waals surface area (Å²) in [6, 6.07) is 4.91. The second-order valence-electron chi connectivity index (χ2n) is 6.57. The van der Waals surface area contributed by atoms with Crippen LogP contribution in [0.2, 0.25) is 0 Å². The first kappa shape index (κ1) is 20.2. The molecule has 0 radical (unpaired) electrons. The molecule has 1 aliphatic rings. The van der Waals surface area contributed by atoms with E-state index in [1.165, 1.54) is 6.07 Å². The van der Waals surface area contributed by atoms with Gasteiger partial charge < -0.3 is 16.0 Å². The van der Waals surface area contributed by atoms with Crippen molar-refractivity contribution in [3.63, 3.8) is 0 Å². The van der Waals surface area contributed by atoms with E-state index in [0.29, 0.717) is 37.4 Å². The van der Waals surface area contributed by atoms with Crippen LogP contribution in [0.5, 0.6) is 0 Å². The predicted octanol–water partition coefficient (Wildman–Crippen LogP) is 0.294. The smallest absolute Gasteiger partial charge is 0.253 e. The van der Waals surface area contributed by atoms with Crippen LogP contribution >= 0.6 is 0 Å². The number of piperidine rings is 1. The van der Waals surface area contributed by atoms with Crippen LogP contribution in [0.25, 0.3) is 0 Å². The third kappa shape index (κ3) is 5.43. The van der Waals surface area contributed by atoms with Gasteiger partial charge in [-0.25, -0.2) is 8.42 Å². The second kappa shape index (κ2) is 8.50. The Hall–Kier alpha value is -2.13. The zero-order chi connectivity index (χ0) is 19.3. The summed E-state index contributed by atoms with van der Waals surface area (Å²) in [5, 5.41) is 2.77. The molecule has 9 heteroatoms. The maximum atomic E-state index is 12.8. The molecule has 0 aromatic heterocycles. The fraction of sp³-hybridized carbons (Fsp3) is 0.529. The molecular formula is C17H26N4O4S. The lowest BCUT2D eigenvalue weighted by Gasteiger charge is -2.32. The van der Waals surface area contributed by atoms with Gasteiger partial charge in [-0.15, -0.1) is 0 Å². The number of carbonyl (C=O) groups is 2. The molecule has 1 aromatic rings. The molecule has 144 valence electrons. The van der Waals surface area contributed by atoms with Gasteiger partial charge in [0.1, 0.15) is 0 Å². The molecule has 0 aliphatic carbocycles. The van der Waals surface area contributed by atoms with Crippen LogP contribution in [0.4, 0.5) is 5.69 Å². The fourth-order valence-electron chi connectivity index (χ4n) is 2.96. The third-order valence-electron chi connectivity index (χ3n) is 4.30. The van der Waals surface area contributed by atoms with Crippen molar-refractivity contribution in [1.82, 2.24) is 10.2 Å². The van der Waals surface area contributed by atoms with E-state index in [-0.39, 0.29) is 17.7 Å². The van der Waals surface area contributed by atoms with Gasteiger partial charge in [0.2, 0.25) is 15.9 Å². The molecule has 1 atom stereocenters. The number of hydrogen-bond acceptors (Lipinski definition) is 5. The van der Waals surface area contributed by atoms with E-state index in [0.717, 1.165) is 24.7 Å². The molecule has 4 N–H and O–H groups in total. The molecule has 0 spiro atoms. The van der Waals surface area contributed by atoms with E-state index >= 15 is 0 Å². The number of likely N-dealkylation sites (tertiary alicyclic amines) is 1. The lowest BCUT2D eigenvalue weighted by molar-refractivity contribution is -0.126. The van der Waals surface area contributed by atoms with Crippen molar-refractivity contribution in [1.29, 1.82) is 0 Å². The van der Waals surface area contributed by atoms with Crippen molar-refractivity contribution in [2.45, 2.75) is 19.8 Å². The zero-order valence-electron chi connectivity index (χ0n) is 15.1. The molecule has 2 amide bonds. The van der Waals surface area contributed by atoms with Gasteiger partial charge in [-0.1, -0.05) is 6.07 Å². The average molecular weight is 382 g/mol. The number of nitrogens with two attached hydrogens (primary N) is 1. The minimum atomic E-state index is -3.43. The molecule has 1 fully saturated rings. The van der Waals surface area contributed by atoms with Gasteiger partial charge in [0.05, 0.1) is 17.9 Å². The van der Waals surface area contributed by atoms with Crippen molar-refractivity contribution in [2.75, 3.05) is 37.2 Å². The largest absolute Gasteiger partial charge is 0.355 e. The van der Waals surface area contributed by atoms with Gasteiger partial charge in [-0.05, 0) is 37.5 Å². The summed E-state index contributed by atoms with van der Waals surface area (Å²) in [6.45, 7) is 3.48. The van der Waals surface area contributed by atoms with Crippen molar-refractivity contribution in [3.05, 3.63) is 29.3 Å². The normalized spacial score (nSPS) is 17.7. The highest BCUT2D eigenvalue weighted by atomic mass is 32.2. The first-order valence-electron chi connectivity index (χ1n) is 8.57. The Bertz CT molecular complexity index is 779. The van der Waals surface area contributed by atoms with E-state index in [1.54, 1.807) is 24.0 Å². The van der Waals surface area contributed by atoms with Crippen LogP contribution < -0.4 is 15.8 Å². The molecule has 1 saturated heterocycles. The molecule has 0 saturated carbocycles. The number of nitrogens with zero attached hydrogens (tertiary/aromatic N) is 1. The maximum Gasteiger partial charge on any atom is 0.253 e. The second-order valence-corrected chi connectivity index (χ2v) is 8.32. The zero-order valence-corrected chi connectivity index (χ0v) is 15.9. The number of anilines is 1. The summed E-state index contributed by atoms with van der Waals surface area (Å²) in [5.41, 5.74) is 6.90. The summed E-state index contributed by atoms with van der Waals surface area (Å²) in [4.78, 5) is 26.6. The number of aryl methyl sites for hydroxylation is 1. The number of benzene rings is 1. The van der Waals surface area contributed by atoms with E-state index in [4.69, 9.17) is 5.73 Å².